The molecule has 0 aliphatic heterocycles. The summed E-state index contributed by atoms with van der Waals surface area (Å²) in [6.45, 7) is 2.24. The second-order valence-electron chi connectivity index (χ2n) is 6.79. The molecule has 0 aromatic heterocycles. The van der Waals surface area contributed by atoms with E-state index in [2.05, 4.69) is 6.92 Å². The predicted molar refractivity (Wildman–Crippen MR) is 71.9 cm³/mol. The normalized spacial score (nSPS) is 36.3. The van der Waals surface area contributed by atoms with E-state index in [1.165, 1.54) is 25.7 Å². The fourth-order valence-electron chi connectivity index (χ4n) is 3.92. The molecule has 2 rings (SSSR count). The summed E-state index contributed by atoms with van der Waals surface area (Å²) >= 11 is 0. The van der Waals surface area contributed by atoms with Crippen molar-refractivity contribution in [2.45, 2.75) is 64.5 Å². The third-order valence-electron chi connectivity index (χ3n) is 5.32. The zero-order valence-corrected chi connectivity index (χ0v) is 12.4. The molecule has 0 bridgehead atoms. The Morgan fingerprint density at radius 1 is 0.762 bits per heavy atom. The van der Waals surface area contributed by atoms with E-state index in [0.29, 0.717) is 24.7 Å². The minimum absolute atomic E-state index is 0.339. The van der Waals surface area contributed by atoms with E-state index in [0.717, 1.165) is 18.8 Å². The molecule has 0 radical (unpaired) electrons. The first-order chi connectivity index (χ1) is 9.79. The zero-order valence-electron chi connectivity index (χ0n) is 12.4. The van der Waals surface area contributed by atoms with E-state index in [-0.39, 0.29) is 0 Å². The van der Waals surface area contributed by atoms with Crippen LogP contribution in [0.2, 0.25) is 0 Å². The fourth-order valence-corrected chi connectivity index (χ4v) is 3.92. The smallest absolute Gasteiger partial charge is 0.208 e. The van der Waals surface area contributed by atoms with Gasteiger partial charge in [-0.3, -0.25) is 0 Å². The number of hydrogen-bond acceptors (Lipinski definition) is 0. The van der Waals surface area contributed by atoms with Crippen molar-refractivity contribution >= 4 is 0 Å². The molecule has 0 atom stereocenters. The third kappa shape index (κ3) is 4.19. The number of alkyl halides is 3. The number of halogens is 5. The van der Waals surface area contributed by atoms with E-state index in [4.69, 9.17) is 0 Å². The van der Waals surface area contributed by atoms with Gasteiger partial charge in [-0.05, 0) is 56.3 Å². The molecule has 0 amide bonds. The maximum absolute atomic E-state index is 13.6. The molecule has 2 aliphatic carbocycles. The molecule has 5 heteroatoms. The standard InChI is InChI=1S/C16H23F5/c1-10-2-4-11(5-3-10)12-6-8-13(9-7-12)14(17)15(18)16(19,20)21/h10-13H,2-9H2,1H3/b15-14+. The molecule has 0 saturated heterocycles. The van der Waals surface area contributed by atoms with Gasteiger partial charge in [-0.15, -0.1) is 0 Å². The Morgan fingerprint density at radius 3 is 1.62 bits per heavy atom. The van der Waals surface area contributed by atoms with Gasteiger partial charge in [0.15, 0.2) is 0 Å². The van der Waals surface area contributed by atoms with E-state index in [1.807, 2.05) is 0 Å². The van der Waals surface area contributed by atoms with Crippen LogP contribution in [0.4, 0.5) is 22.0 Å². The van der Waals surface area contributed by atoms with Gasteiger partial charge in [0.25, 0.3) is 0 Å². The number of rotatable bonds is 2. The van der Waals surface area contributed by atoms with Gasteiger partial charge in [0.05, 0.1) is 0 Å². The molecule has 0 unspecified atom stereocenters. The van der Waals surface area contributed by atoms with Gasteiger partial charge in [0, 0.05) is 5.92 Å². The summed E-state index contributed by atoms with van der Waals surface area (Å²) in [6.07, 6.45) is 1.70. The predicted octanol–water partition coefficient (Wildman–Crippen LogP) is 6.33. The topological polar surface area (TPSA) is 0 Å². The van der Waals surface area contributed by atoms with Crippen LogP contribution in [0.1, 0.15) is 58.3 Å². The molecule has 0 nitrogen and oxygen atoms in total. The summed E-state index contributed by atoms with van der Waals surface area (Å²) < 4.78 is 63.1. The van der Waals surface area contributed by atoms with Crippen LogP contribution in [0.3, 0.4) is 0 Å². The highest BCUT2D eigenvalue weighted by Crippen LogP contribution is 2.44. The lowest BCUT2D eigenvalue weighted by Gasteiger charge is -2.37. The first kappa shape index (κ1) is 16.8. The summed E-state index contributed by atoms with van der Waals surface area (Å²) in [4.78, 5) is 0. The molecule has 0 spiro atoms. The SMILES string of the molecule is CC1CCC(C2CCC(/C(F)=C(\F)C(F)(F)F)CC2)CC1. The molecule has 0 aromatic carbocycles. The summed E-state index contributed by atoms with van der Waals surface area (Å²) in [5.74, 6) is -3.13. The molecule has 2 aliphatic rings. The van der Waals surface area contributed by atoms with Crippen molar-refractivity contribution in [1.29, 1.82) is 0 Å². The Bertz CT molecular complexity index is 369. The van der Waals surface area contributed by atoms with Crippen molar-refractivity contribution in [3.05, 3.63) is 11.7 Å². The van der Waals surface area contributed by atoms with E-state index >= 15 is 0 Å². The third-order valence-corrected chi connectivity index (χ3v) is 5.32. The highest BCUT2D eigenvalue weighted by molar-refractivity contribution is 5.10. The van der Waals surface area contributed by atoms with Gasteiger partial charge < -0.3 is 0 Å². The molecule has 0 aromatic rings. The van der Waals surface area contributed by atoms with Gasteiger partial charge >= 0.3 is 6.18 Å². The average Bonchev–Trinajstić information content (AvgIpc) is 2.46. The molecule has 0 heterocycles. The first-order valence-electron chi connectivity index (χ1n) is 7.91. The van der Waals surface area contributed by atoms with Crippen LogP contribution in [0, 0.1) is 23.7 Å². The molecule has 2 fully saturated rings. The summed E-state index contributed by atoms with van der Waals surface area (Å²) in [6, 6.07) is 0. The second-order valence-corrected chi connectivity index (χ2v) is 6.79. The van der Waals surface area contributed by atoms with Crippen LogP contribution >= 0.6 is 0 Å². The zero-order chi connectivity index (χ0) is 15.6. The number of allylic oxidation sites excluding steroid dienone is 2. The molecule has 122 valence electrons. The van der Waals surface area contributed by atoms with Gasteiger partial charge in [0.1, 0.15) is 5.83 Å². The van der Waals surface area contributed by atoms with Crippen LogP contribution in [0.25, 0.3) is 0 Å². The maximum Gasteiger partial charge on any atom is 0.445 e. The van der Waals surface area contributed by atoms with Gasteiger partial charge in [-0.2, -0.15) is 17.6 Å². The number of hydrogen-bond donors (Lipinski definition) is 0. The van der Waals surface area contributed by atoms with Crippen LogP contribution in [-0.4, -0.2) is 6.18 Å². The molecular formula is C16H23F5. The Balaban J connectivity index is 1.89. The van der Waals surface area contributed by atoms with Crippen molar-refractivity contribution in [3.63, 3.8) is 0 Å². The van der Waals surface area contributed by atoms with Crippen LogP contribution in [0.5, 0.6) is 0 Å². The molecule has 0 N–H and O–H groups in total. The Labute approximate surface area is 122 Å². The van der Waals surface area contributed by atoms with Gasteiger partial charge in [-0.1, -0.05) is 19.8 Å². The second kappa shape index (κ2) is 6.66. The van der Waals surface area contributed by atoms with Crippen molar-refractivity contribution < 1.29 is 22.0 Å². The van der Waals surface area contributed by atoms with E-state index in [1.54, 1.807) is 0 Å². The summed E-state index contributed by atoms with van der Waals surface area (Å²) in [5, 5.41) is 0. The molecule has 21 heavy (non-hydrogen) atoms. The van der Waals surface area contributed by atoms with Crippen LogP contribution in [0.15, 0.2) is 11.7 Å². The van der Waals surface area contributed by atoms with Gasteiger partial charge in [0.2, 0.25) is 5.83 Å². The van der Waals surface area contributed by atoms with Gasteiger partial charge in [-0.25, -0.2) is 4.39 Å². The lowest BCUT2D eigenvalue weighted by Crippen LogP contribution is -2.26. The monoisotopic (exact) mass is 310 g/mol. The van der Waals surface area contributed by atoms with Crippen molar-refractivity contribution in [3.8, 4) is 0 Å². The van der Waals surface area contributed by atoms with Crippen LogP contribution in [-0.2, 0) is 0 Å². The lowest BCUT2D eigenvalue weighted by atomic mass is 9.69. The van der Waals surface area contributed by atoms with E-state index < -0.39 is 23.7 Å². The lowest BCUT2D eigenvalue weighted by molar-refractivity contribution is -0.112. The fraction of sp³-hybridized carbons (Fsp3) is 0.875. The largest absolute Gasteiger partial charge is 0.445 e. The Kier molecular flexibility index (Phi) is 5.31. The Hall–Kier alpha value is -0.610. The van der Waals surface area contributed by atoms with Crippen LogP contribution < -0.4 is 0 Å². The maximum atomic E-state index is 13.6. The highest BCUT2D eigenvalue weighted by Gasteiger charge is 2.41. The van der Waals surface area contributed by atoms with Crippen molar-refractivity contribution in [1.82, 2.24) is 0 Å². The van der Waals surface area contributed by atoms with Crippen molar-refractivity contribution in [2.24, 2.45) is 23.7 Å². The average molecular weight is 310 g/mol. The Morgan fingerprint density at radius 2 is 1.19 bits per heavy atom. The minimum atomic E-state index is -5.19. The van der Waals surface area contributed by atoms with Crippen molar-refractivity contribution in [2.75, 3.05) is 0 Å². The highest BCUT2D eigenvalue weighted by atomic mass is 19.4. The first-order valence-corrected chi connectivity index (χ1v) is 7.91. The molecule has 2 saturated carbocycles. The summed E-state index contributed by atoms with van der Waals surface area (Å²) in [5.41, 5.74) is 0. The quantitative estimate of drug-likeness (QED) is 0.523. The molecular weight excluding hydrogens is 287 g/mol. The summed E-state index contributed by atoms with van der Waals surface area (Å²) in [7, 11) is 0. The minimum Gasteiger partial charge on any atom is -0.208 e. The van der Waals surface area contributed by atoms with E-state index in [9.17, 15) is 22.0 Å².